The molecule has 0 saturated heterocycles. The van der Waals surface area contributed by atoms with E-state index in [0.29, 0.717) is 11.3 Å². The van der Waals surface area contributed by atoms with Crippen molar-refractivity contribution >= 4 is 21.9 Å². The topological polar surface area (TPSA) is 72.5 Å². The fourth-order valence-electron chi connectivity index (χ4n) is 1.48. The van der Waals surface area contributed by atoms with E-state index in [1.165, 1.54) is 19.2 Å². The predicted molar refractivity (Wildman–Crippen MR) is 64.5 cm³/mol. The van der Waals surface area contributed by atoms with E-state index in [4.69, 9.17) is 15.6 Å². The van der Waals surface area contributed by atoms with Crippen LogP contribution in [-0.4, -0.2) is 18.2 Å². The average Bonchev–Trinajstić information content (AvgIpc) is 2.29. The lowest BCUT2D eigenvalue weighted by molar-refractivity contribution is -0.137. The van der Waals surface area contributed by atoms with Crippen molar-refractivity contribution in [1.29, 1.82) is 0 Å². The van der Waals surface area contributed by atoms with Crippen LogP contribution in [0.1, 0.15) is 24.4 Å². The number of aliphatic carboxylic acids is 1. The monoisotopic (exact) mass is 305 g/mol. The number of rotatable bonds is 5. The SMILES string of the molecule is COc1c(C(N)CCC(=O)O)ccc(F)c1Br. The first kappa shape index (κ1) is 13.9. The summed E-state index contributed by atoms with van der Waals surface area (Å²) >= 11 is 3.07. The molecule has 1 rings (SSSR count). The highest BCUT2D eigenvalue weighted by Crippen LogP contribution is 2.35. The van der Waals surface area contributed by atoms with E-state index in [1.54, 1.807) is 0 Å². The molecule has 3 N–H and O–H groups in total. The Morgan fingerprint density at radius 3 is 2.82 bits per heavy atom. The van der Waals surface area contributed by atoms with E-state index >= 15 is 0 Å². The Bertz CT molecular complexity index is 425. The summed E-state index contributed by atoms with van der Waals surface area (Å²) in [6.07, 6.45) is 0.225. The molecule has 0 fully saturated rings. The van der Waals surface area contributed by atoms with Crippen LogP contribution in [0.15, 0.2) is 16.6 Å². The fourth-order valence-corrected chi connectivity index (χ4v) is 2.00. The standard InChI is InChI=1S/C11H13BrFNO3/c1-17-11-6(2-3-7(13)10(11)12)8(14)4-5-9(15)16/h2-3,8H,4-5,14H2,1H3,(H,15,16). The van der Waals surface area contributed by atoms with Crippen molar-refractivity contribution < 1.29 is 19.0 Å². The van der Waals surface area contributed by atoms with Crippen LogP contribution in [0.2, 0.25) is 0 Å². The van der Waals surface area contributed by atoms with Gasteiger partial charge >= 0.3 is 5.97 Å². The molecule has 6 heteroatoms. The van der Waals surface area contributed by atoms with Gasteiger partial charge in [-0.25, -0.2) is 4.39 Å². The third-order valence-corrected chi connectivity index (χ3v) is 3.09. The molecule has 0 spiro atoms. The fraction of sp³-hybridized carbons (Fsp3) is 0.364. The maximum atomic E-state index is 13.3. The molecule has 1 aromatic rings. The Morgan fingerprint density at radius 1 is 1.65 bits per heavy atom. The van der Waals surface area contributed by atoms with Gasteiger partial charge in [0, 0.05) is 18.0 Å². The number of hydrogen-bond donors (Lipinski definition) is 2. The molecule has 0 aliphatic heterocycles. The summed E-state index contributed by atoms with van der Waals surface area (Å²) in [6.45, 7) is 0. The number of ether oxygens (including phenoxy) is 1. The van der Waals surface area contributed by atoms with Gasteiger partial charge in [0.1, 0.15) is 11.6 Å². The van der Waals surface area contributed by atoms with Crippen LogP contribution in [0.25, 0.3) is 0 Å². The molecule has 1 atom stereocenters. The van der Waals surface area contributed by atoms with E-state index in [1.807, 2.05) is 0 Å². The third kappa shape index (κ3) is 3.41. The molecule has 1 aromatic carbocycles. The molecule has 0 radical (unpaired) electrons. The van der Waals surface area contributed by atoms with Gasteiger partial charge in [-0.3, -0.25) is 4.79 Å². The molecule has 0 amide bonds. The Kier molecular flexibility index (Phi) is 4.89. The van der Waals surface area contributed by atoms with Gasteiger partial charge in [0.2, 0.25) is 0 Å². The molecular weight excluding hydrogens is 293 g/mol. The normalized spacial score (nSPS) is 12.2. The highest BCUT2D eigenvalue weighted by molar-refractivity contribution is 9.10. The van der Waals surface area contributed by atoms with Crippen LogP contribution in [0.4, 0.5) is 4.39 Å². The Labute approximate surface area is 107 Å². The summed E-state index contributed by atoms with van der Waals surface area (Å²) in [5.74, 6) is -1.06. The molecule has 0 aromatic heterocycles. The highest BCUT2D eigenvalue weighted by atomic mass is 79.9. The number of benzene rings is 1. The van der Waals surface area contributed by atoms with E-state index < -0.39 is 17.8 Å². The van der Waals surface area contributed by atoms with Crippen LogP contribution in [0.3, 0.4) is 0 Å². The molecule has 0 bridgehead atoms. The predicted octanol–water partition coefficient (Wildman–Crippen LogP) is 2.46. The van der Waals surface area contributed by atoms with Crippen molar-refractivity contribution in [3.63, 3.8) is 0 Å². The van der Waals surface area contributed by atoms with E-state index in [0.717, 1.165) is 0 Å². The lowest BCUT2D eigenvalue weighted by atomic mass is 10.0. The zero-order valence-electron chi connectivity index (χ0n) is 9.24. The summed E-state index contributed by atoms with van der Waals surface area (Å²) in [6, 6.07) is 2.27. The Balaban J connectivity index is 2.97. The van der Waals surface area contributed by atoms with Crippen LogP contribution in [0, 0.1) is 5.82 Å². The Morgan fingerprint density at radius 2 is 2.29 bits per heavy atom. The molecule has 0 aliphatic carbocycles. The van der Waals surface area contributed by atoms with Gasteiger partial charge in [-0.15, -0.1) is 0 Å². The van der Waals surface area contributed by atoms with Crippen LogP contribution >= 0.6 is 15.9 Å². The second-order valence-electron chi connectivity index (χ2n) is 3.52. The van der Waals surface area contributed by atoms with Crippen LogP contribution < -0.4 is 10.5 Å². The highest BCUT2D eigenvalue weighted by Gasteiger charge is 2.17. The number of halogens is 2. The van der Waals surface area contributed by atoms with Gasteiger partial charge in [0.25, 0.3) is 0 Å². The molecule has 4 nitrogen and oxygen atoms in total. The minimum atomic E-state index is -0.916. The zero-order valence-corrected chi connectivity index (χ0v) is 10.8. The van der Waals surface area contributed by atoms with E-state index in [9.17, 15) is 9.18 Å². The van der Waals surface area contributed by atoms with Crippen molar-refractivity contribution in [3.8, 4) is 5.75 Å². The van der Waals surface area contributed by atoms with Crippen molar-refractivity contribution in [3.05, 3.63) is 28.0 Å². The first-order valence-electron chi connectivity index (χ1n) is 4.96. The molecular formula is C11H13BrFNO3. The average molecular weight is 306 g/mol. The first-order chi connectivity index (χ1) is 7.97. The summed E-state index contributed by atoms with van der Waals surface area (Å²) < 4.78 is 18.5. The maximum Gasteiger partial charge on any atom is 0.303 e. The summed E-state index contributed by atoms with van der Waals surface area (Å²) in [5, 5.41) is 8.58. The van der Waals surface area contributed by atoms with E-state index in [2.05, 4.69) is 15.9 Å². The summed E-state index contributed by atoms with van der Waals surface area (Å²) in [5.41, 5.74) is 6.44. The quantitative estimate of drug-likeness (QED) is 0.876. The van der Waals surface area contributed by atoms with Gasteiger partial charge in [0.05, 0.1) is 11.6 Å². The van der Waals surface area contributed by atoms with Crippen molar-refractivity contribution in [2.75, 3.05) is 7.11 Å². The lowest BCUT2D eigenvalue weighted by Crippen LogP contribution is -2.14. The van der Waals surface area contributed by atoms with Gasteiger partial charge in [-0.2, -0.15) is 0 Å². The Hall–Kier alpha value is -1.14. The van der Waals surface area contributed by atoms with Gasteiger partial charge in [-0.05, 0) is 28.4 Å². The molecule has 0 heterocycles. The first-order valence-corrected chi connectivity index (χ1v) is 5.76. The number of carbonyl (C=O) groups is 1. The van der Waals surface area contributed by atoms with Crippen molar-refractivity contribution in [1.82, 2.24) is 0 Å². The largest absolute Gasteiger partial charge is 0.495 e. The lowest BCUT2D eigenvalue weighted by Gasteiger charge is -2.16. The van der Waals surface area contributed by atoms with Crippen LogP contribution in [-0.2, 0) is 4.79 Å². The second kappa shape index (κ2) is 5.97. The van der Waals surface area contributed by atoms with Crippen molar-refractivity contribution in [2.24, 2.45) is 5.73 Å². The number of hydrogen-bond acceptors (Lipinski definition) is 3. The van der Waals surface area contributed by atoms with Crippen LogP contribution in [0.5, 0.6) is 5.75 Å². The summed E-state index contributed by atoms with van der Waals surface area (Å²) in [7, 11) is 1.41. The smallest absolute Gasteiger partial charge is 0.303 e. The second-order valence-corrected chi connectivity index (χ2v) is 4.32. The van der Waals surface area contributed by atoms with Gasteiger partial charge < -0.3 is 15.6 Å². The molecule has 17 heavy (non-hydrogen) atoms. The minimum Gasteiger partial charge on any atom is -0.495 e. The molecule has 0 saturated carbocycles. The number of carboxylic acid groups (broad SMARTS) is 1. The third-order valence-electron chi connectivity index (χ3n) is 2.35. The van der Waals surface area contributed by atoms with Gasteiger partial charge in [0.15, 0.2) is 0 Å². The molecule has 94 valence electrons. The number of carboxylic acids is 1. The zero-order chi connectivity index (χ0) is 13.0. The number of nitrogens with two attached hydrogens (primary N) is 1. The number of methoxy groups -OCH3 is 1. The summed E-state index contributed by atoms with van der Waals surface area (Å²) in [4.78, 5) is 10.5. The van der Waals surface area contributed by atoms with Crippen molar-refractivity contribution in [2.45, 2.75) is 18.9 Å². The van der Waals surface area contributed by atoms with Gasteiger partial charge in [-0.1, -0.05) is 6.07 Å². The maximum absolute atomic E-state index is 13.3. The molecule has 1 unspecified atom stereocenters. The minimum absolute atomic E-state index is 0.0423. The molecule has 0 aliphatic rings. The van der Waals surface area contributed by atoms with E-state index in [-0.39, 0.29) is 17.3 Å².